The van der Waals surface area contributed by atoms with Crippen LogP contribution in [0, 0.1) is 17.8 Å². The van der Waals surface area contributed by atoms with Crippen LogP contribution in [0.25, 0.3) is 0 Å². The standard InChI is InChI=1S/C9H16O/c1-6-2-3-8-7(6)4-5-9(8)10/h6-10H,2-5H2,1H3/t6-,7+,8-,9-/m1/s1. The Kier molecular flexibility index (Phi) is 1.48. The second-order valence-corrected chi connectivity index (χ2v) is 4.03. The van der Waals surface area contributed by atoms with E-state index in [1.807, 2.05) is 0 Å². The summed E-state index contributed by atoms with van der Waals surface area (Å²) in [6.07, 6.45) is 5.04. The first-order chi connectivity index (χ1) is 4.79. The summed E-state index contributed by atoms with van der Waals surface area (Å²) in [7, 11) is 0. The zero-order valence-corrected chi connectivity index (χ0v) is 6.59. The Labute approximate surface area is 62.4 Å². The molecule has 0 radical (unpaired) electrons. The van der Waals surface area contributed by atoms with Crippen molar-refractivity contribution in [1.82, 2.24) is 0 Å². The highest BCUT2D eigenvalue weighted by molar-refractivity contribution is 4.92. The van der Waals surface area contributed by atoms with E-state index >= 15 is 0 Å². The van der Waals surface area contributed by atoms with Gasteiger partial charge >= 0.3 is 0 Å². The fraction of sp³-hybridized carbons (Fsp3) is 1.00. The third kappa shape index (κ3) is 0.800. The topological polar surface area (TPSA) is 20.2 Å². The van der Waals surface area contributed by atoms with Gasteiger partial charge in [0.2, 0.25) is 0 Å². The summed E-state index contributed by atoms with van der Waals surface area (Å²) in [5.41, 5.74) is 0. The van der Waals surface area contributed by atoms with Crippen LogP contribution in [-0.2, 0) is 0 Å². The van der Waals surface area contributed by atoms with Gasteiger partial charge in [0.05, 0.1) is 6.10 Å². The van der Waals surface area contributed by atoms with Crippen molar-refractivity contribution in [2.45, 2.75) is 38.7 Å². The quantitative estimate of drug-likeness (QED) is 0.544. The van der Waals surface area contributed by atoms with E-state index in [0.29, 0.717) is 5.92 Å². The van der Waals surface area contributed by atoms with Crippen molar-refractivity contribution >= 4 is 0 Å². The molecule has 0 heterocycles. The van der Waals surface area contributed by atoms with Crippen molar-refractivity contribution in [2.24, 2.45) is 17.8 Å². The summed E-state index contributed by atoms with van der Waals surface area (Å²) in [5.74, 6) is 2.44. The molecule has 1 nitrogen and oxygen atoms in total. The van der Waals surface area contributed by atoms with Gasteiger partial charge in [-0.2, -0.15) is 0 Å². The first kappa shape index (κ1) is 6.66. The van der Waals surface area contributed by atoms with Crippen LogP contribution in [0.1, 0.15) is 32.6 Å². The van der Waals surface area contributed by atoms with Crippen LogP contribution < -0.4 is 0 Å². The maximum atomic E-state index is 9.52. The predicted octanol–water partition coefficient (Wildman–Crippen LogP) is 1.80. The molecule has 4 atom stereocenters. The van der Waals surface area contributed by atoms with Gasteiger partial charge in [0.25, 0.3) is 0 Å². The molecule has 0 unspecified atom stereocenters. The van der Waals surface area contributed by atoms with Crippen LogP contribution >= 0.6 is 0 Å². The molecule has 2 aliphatic carbocycles. The van der Waals surface area contributed by atoms with E-state index in [1.165, 1.54) is 19.3 Å². The summed E-state index contributed by atoms with van der Waals surface area (Å²) in [4.78, 5) is 0. The Morgan fingerprint density at radius 3 is 2.40 bits per heavy atom. The van der Waals surface area contributed by atoms with E-state index in [1.54, 1.807) is 0 Å². The molecule has 0 spiro atoms. The second-order valence-electron chi connectivity index (χ2n) is 4.03. The third-order valence-electron chi connectivity index (χ3n) is 3.53. The van der Waals surface area contributed by atoms with Crippen LogP contribution in [0.5, 0.6) is 0 Å². The second kappa shape index (κ2) is 2.23. The molecule has 2 fully saturated rings. The van der Waals surface area contributed by atoms with Crippen molar-refractivity contribution in [3.05, 3.63) is 0 Å². The Morgan fingerprint density at radius 1 is 1.00 bits per heavy atom. The Bertz CT molecular complexity index is 117. The van der Waals surface area contributed by atoms with E-state index < -0.39 is 0 Å². The molecule has 2 saturated carbocycles. The van der Waals surface area contributed by atoms with Gasteiger partial charge < -0.3 is 5.11 Å². The number of aliphatic hydroxyl groups excluding tert-OH is 1. The molecule has 0 bridgehead atoms. The van der Waals surface area contributed by atoms with Crippen LogP contribution in [0.4, 0.5) is 0 Å². The van der Waals surface area contributed by atoms with Gasteiger partial charge in [-0.25, -0.2) is 0 Å². The van der Waals surface area contributed by atoms with Crippen LogP contribution in [0.2, 0.25) is 0 Å². The summed E-state index contributed by atoms with van der Waals surface area (Å²) in [6.45, 7) is 2.34. The smallest absolute Gasteiger partial charge is 0.0571 e. The highest BCUT2D eigenvalue weighted by atomic mass is 16.3. The van der Waals surface area contributed by atoms with Gasteiger partial charge in [-0.1, -0.05) is 13.3 Å². The molecule has 0 aromatic heterocycles. The van der Waals surface area contributed by atoms with Gasteiger partial charge in [-0.05, 0) is 37.0 Å². The molecule has 0 aromatic rings. The lowest BCUT2D eigenvalue weighted by atomic mass is 9.93. The van der Waals surface area contributed by atoms with Gasteiger partial charge in [-0.3, -0.25) is 0 Å². The van der Waals surface area contributed by atoms with Crippen molar-refractivity contribution in [3.63, 3.8) is 0 Å². The van der Waals surface area contributed by atoms with Crippen LogP contribution in [0.15, 0.2) is 0 Å². The Hall–Kier alpha value is -0.0400. The largest absolute Gasteiger partial charge is 0.393 e. The number of hydrogen-bond acceptors (Lipinski definition) is 1. The lowest BCUT2D eigenvalue weighted by molar-refractivity contribution is 0.124. The maximum absolute atomic E-state index is 9.52. The number of hydrogen-bond donors (Lipinski definition) is 1. The van der Waals surface area contributed by atoms with E-state index in [9.17, 15) is 5.11 Å². The monoisotopic (exact) mass is 140 g/mol. The average Bonchev–Trinajstić information content (AvgIpc) is 2.41. The fourth-order valence-electron chi connectivity index (χ4n) is 2.86. The van der Waals surface area contributed by atoms with Crippen molar-refractivity contribution < 1.29 is 5.11 Å². The van der Waals surface area contributed by atoms with Crippen LogP contribution in [0.3, 0.4) is 0 Å². The number of rotatable bonds is 0. The normalized spacial score (nSPS) is 53.4. The molecule has 1 heteroatoms. The lowest BCUT2D eigenvalue weighted by Crippen LogP contribution is -2.15. The van der Waals surface area contributed by atoms with Crippen LogP contribution in [-0.4, -0.2) is 11.2 Å². The molecule has 0 amide bonds. The molecule has 2 aliphatic rings. The lowest BCUT2D eigenvalue weighted by Gasteiger charge is -2.14. The molecule has 0 aromatic carbocycles. The van der Waals surface area contributed by atoms with Crippen molar-refractivity contribution in [3.8, 4) is 0 Å². The van der Waals surface area contributed by atoms with Gasteiger partial charge in [0.1, 0.15) is 0 Å². The summed E-state index contributed by atoms with van der Waals surface area (Å²) >= 11 is 0. The third-order valence-corrected chi connectivity index (χ3v) is 3.53. The van der Waals surface area contributed by atoms with E-state index in [4.69, 9.17) is 0 Å². The Morgan fingerprint density at radius 2 is 1.70 bits per heavy atom. The Balaban J connectivity index is 2.09. The highest BCUT2D eigenvalue weighted by Crippen LogP contribution is 2.47. The average molecular weight is 140 g/mol. The molecular weight excluding hydrogens is 124 g/mol. The van der Waals surface area contributed by atoms with Gasteiger partial charge in [0, 0.05) is 0 Å². The summed E-state index contributed by atoms with van der Waals surface area (Å²) in [6, 6.07) is 0. The SMILES string of the molecule is C[C@@H]1CC[C@@H]2[C@H]1CC[C@H]2O. The van der Waals surface area contributed by atoms with E-state index in [0.717, 1.165) is 18.3 Å². The van der Waals surface area contributed by atoms with Crippen molar-refractivity contribution in [1.29, 1.82) is 0 Å². The zero-order chi connectivity index (χ0) is 7.14. The minimum absolute atomic E-state index is 0.0509. The molecular formula is C9H16O. The molecule has 1 N–H and O–H groups in total. The van der Waals surface area contributed by atoms with E-state index in [2.05, 4.69) is 6.92 Å². The molecule has 0 aliphatic heterocycles. The minimum Gasteiger partial charge on any atom is -0.393 e. The number of fused-ring (bicyclic) bond motifs is 1. The molecule has 58 valence electrons. The summed E-state index contributed by atoms with van der Waals surface area (Å²) in [5, 5.41) is 9.52. The zero-order valence-electron chi connectivity index (χ0n) is 6.59. The minimum atomic E-state index is 0.0509. The molecule has 10 heavy (non-hydrogen) atoms. The van der Waals surface area contributed by atoms with Gasteiger partial charge in [0.15, 0.2) is 0 Å². The van der Waals surface area contributed by atoms with Gasteiger partial charge in [-0.15, -0.1) is 0 Å². The summed E-state index contributed by atoms with van der Waals surface area (Å²) < 4.78 is 0. The predicted molar refractivity (Wildman–Crippen MR) is 40.6 cm³/mol. The molecule has 2 rings (SSSR count). The van der Waals surface area contributed by atoms with Crippen molar-refractivity contribution in [2.75, 3.05) is 0 Å². The highest BCUT2D eigenvalue weighted by Gasteiger charge is 2.41. The maximum Gasteiger partial charge on any atom is 0.0571 e. The first-order valence-corrected chi connectivity index (χ1v) is 4.47. The van der Waals surface area contributed by atoms with E-state index in [-0.39, 0.29) is 6.10 Å². The first-order valence-electron chi connectivity index (χ1n) is 4.47. The number of aliphatic hydroxyl groups is 1. The fourth-order valence-corrected chi connectivity index (χ4v) is 2.86. The molecule has 0 saturated heterocycles.